The maximum atomic E-state index is 13.0. The Morgan fingerprint density at radius 1 is 1.16 bits per heavy atom. The van der Waals surface area contributed by atoms with Gasteiger partial charge in [0.25, 0.3) is 5.91 Å². The molecule has 0 spiro atoms. The highest BCUT2D eigenvalue weighted by Gasteiger charge is 2.33. The van der Waals surface area contributed by atoms with Crippen molar-refractivity contribution in [2.24, 2.45) is 0 Å². The number of alkyl halides is 3. The van der Waals surface area contributed by atoms with Gasteiger partial charge in [-0.1, -0.05) is 12.1 Å². The molecular formula is C26H25F3N6O2. The SMILES string of the molecule is CC1(C)CC(c2nc(-c3ccc(C(=O)Nc4cc(C(F)(F)F)ccn4)cc3)c3c(N)nccn23)CCO1. The van der Waals surface area contributed by atoms with Crippen LogP contribution in [-0.2, 0) is 10.9 Å². The Kier molecular flexibility index (Phi) is 6.10. The number of ether oxygens (including phenoxy) is 1. The lowest BCUT2D eigenvalue weighted by atomic mass is 9.88. The van der Waals surface area contributed by atoms with Crippen molar-refractivity contribution in [2.75, 3.05) is 17.7 Å². The molecule has 11 heteroatoms. The number of anilines is 2. The van der Waals surface area contributed by atoms with Gasteiger partial charge in [-0.05, 0) is 51.0 Å². The zero-order valence-electron chi connectivity index (χ0n) is 20.2. The summed E-state index contributed by atoms with van der Waals surface area (Å²) in [5.41, 5.74) is 7.38. The Morgan fingerprint density at radius 3 is 2.62 bits per heavy atom. The van der Waals surface area contributed by atoms with E-state index in [0.29, 0.717) is 23.6 Å². The fourth-order valence-corrected chi connectivity index (χ4v) is 4.67. The van der Waals surface area contributed by atoms with Crippen LogP contribution in [0.15, 0.2) is 55.0 Å². The number of fused-ring (bicyclic) bond motifs is 1. The molecule has 1 fully saturated rings. The first kappa shape index (κ1) is 24.7. The van der Waals surface area contributed by atoms with Crippen LogP contribution in [0.3, 0.4) is 0 Å². The molecule has 8 nitrogen and oxygen atoms in total. The molecule has 0 aliphatic carbocycles. The molecule has 0 radical (unpaired) electrons. The zero-order chi connectivity index (χ0) is 26.4. The Hall–Kier alpha value is -3.99. The molecule has 3 aromatic heterocycles. The summed E-state index contributed by atoms with van der Waals surface area (Å²) in [6.07, 6.45) is 1.57. The molecule has 1 amide bonds. The first-order valence-corrected chi connectivity index (χ1v) is 11.7. The van der Waals surface area contributed by atoms with Crippen LogP contribution in [0.4, 0.5) is 24.8 Å². The number of benzene rings is 1. The van der Waals surface area contributed by atoms with Crippen molar-refractivity contribution in [3.63, 3.8) is 0 Å². The van der Waals surface area contributed by atoms with Crippen molar-refractivity contribution < 1.29 is 22.7 Å². The number of amides is 1. The summed E-state index contributed by atoms with van der Waals surface area (Å²) in [5.74, 6) is 0.594. The smallest absolute Gasteiger partial charge is 0.382 e. The van der Waals surface area contributed by atoms with E-state index < -0.39 is 17.6 Å². The quantitative estimate of drug-likeness (QED) is 0.385. The normalized spacial score (nSPS) is 17.6. The van der Waals surface area contributed by atoms with Crippen LogP contribution in [0.25, 0.3) is 16.8 Å². The first-order valence-electron chi connectivity index (χ1n) is 11.7. The van der Waals surface area contributed by atoms with Gasteiger partial charge in [-0.15, -0.1) is 0 Å². The summed E-state index contributed by atoms with van der Waals surface area (Å²) in [7, 11) is 0. The van der Waals surface area contributed by atoms with Gasteiger partial charge in [-0.3, -0.25) is 9.20 Å². The number of hydrogen-bond acceptors (Lipinski definition) is 6. The molecule has 1 aliphatic heterocycles. The fourth-order valence-electron chi connectivity index (χ4n) is 4.67. The standard InChI is InChI=1S/C26H25F3N6O2/c1-25(2)14-17(8-12-37-25)23-34-20(21-22(30)32-10-11-35(21)23)15-3-5-16(6-4-15)24(36)33-19-13-18(7-9-31-19)26(27,28)29/h3-7,9-11,13,17H,8,12,14H2,1-2H3,(H2,30,32)(H,31,33,36). The topological polar surface area (TPSA) is 107 Å². The lowest BCUT2D eigenvalue weighted by Gasteiger charge is -2.34. The second kappa shape index (κ2) is 9.15. The van der Waals surface area contributed by atoms with Gasteiger partial charge in [0.1, 0.15) is 28.7 Å². The van der Waals surface area contributed by atoms with Crippen molar-refractivity contribution in [1.29, 1.82) is 0 Å². The van der Waals surface area contributed by atoms with Gasteiger partial charge in [0.2, 0.25) is 0 Å². The number of nitrogens with zero attached hydrogens (tertiary/aromatic N) is 4. The van der Waals surface area contributed by atoms with Crippen LogP contribution in [0.5, 0.6) is 0 Å². The van der Waals surface area contributed by atoms with Crippen molar-refractivity contribution >= 4 is 23.1 Å². The van der Waals surface area contributed by atoms with Gasteiger partial charge in [0.15, 0.2) is 0 Å². The predicted octanol–water partition coefficient (Wildman–Crippen LogP) is 5.32. The summed E-state index contributed by atoms with van der Waals surface area (Å²) in [4.78, 5) is 25.7. The van der Waals surface area contributed by atoms with Crippen molar-refractivity contribution in [3.05, 3.63) is 71.9 Å². The molecule has 4 aromatic rings. The predicted molar refractivity (Wildman–Crippen MR) is 132 cm³/mol. The van der Waals surface area contributed by atoms with E-state index in [9.17, 15) is 18.0 Å². The second-order valence-electron chi connectivity index (χ2n) is 9.61. The average Bonchev–Trinajstić information content (AvgIpc) is 3.24. The van der Waals surface area contributed by atoms with Gasteiger partial charge in [-0.25, -0.2) is 15.0 Å². The van der Waals surface area contributed by atoms with Gasteiger partial charge in [-0.2, -0.15) is 13.2 Å². The lowest BCUT2D eigenvalue weighted by Crippen LogP contribution is -2.33. The molecule has 192 valence electrons. The minimum Gasteiger partial charge on any atom is -0.382 e. The Balaban J connectivity index is 1.44. The van der Waals surface area contributed by atoms with E-state index in [1.165, 1.54) is 0 Å². The van der Waals surface area contributed by atoms with Gasteiger partial charge < -0.3 is 15.8 Å². The molecule has 0 saturated carbocycles. The van der Waals surface area contributed by atoms with E-state index in [1.807, 2.05) is 10.6 Å². The Labute approximate surface area is 210 Å². The number of nitrogen functional groups attached to an aromatic ring is 1. The van der Waals surface area contributed by atoms with Gasteiger partial charge in [0.05, 0.1) is 11.2 Å². The number of carbonyl (C=O) groups is 1. The zero-order valence-corrected chi connectivity index (χ0v) is 20.2. The van der Waals surface area contributed by atoms with E-state index >= 15 is 0 Å². The lowest BCUT2D eigenvalue weighted by molar-refractivity contribution is -0.137. The molecule has 1 atom stereocenters. The highest BCUT2D eigenvalue weighted by Crippen LogP contribution is 2.38. The molecule has 37 heavy (non-hydrogen) atoms. The highest BCUT2D eigenvalue weighted by molar-refractivity contribution is 6.04. The summed E-state index contributed by atoms with van der Waals surface area (Å²) in [5, 5.41) is 2.41. The molecule has 1 aliphatic rings. The molecule has 1 saturated heterocycles. The second-order valence-corrected chi connectivity index (χ2v) is 9.61. The number of aromatic nitrogens is 4. The van der Waals surface area contributed by atoms with Crippen LogP contribution in [-0.4, -0.2) is 37.5 Å². The van der Waals surface area contributed by atoms with E-state index in [4.69, 9.17) is 15.5 Å². The summed E-state index contributed by atoms with van der Waals surface area (Å²) < 4.78 is 46.7. The fraction of sp³-hybridized carbons (Fsp3) is 0.308. The molecular weight excluding hydrogens is 485 g/mol. The molecule has 1 unspecified atom stereocenters. The number of carbonyl (C=O) groups excluding carboxylic acids is 1. The number of pyridine rings is 1. The van der Waals surface area contributed by atoms with E-state index in [0.717, 1.165) is 42.6 Å². The van der Waals surface area contributed by atoms with Crippen LogP contribution in [0, 0.1) is 0 Å². The van der Waals surface area contributed by atoms with E-state index in [-0.39, 0.29) is 22.9 Å². The number of hydrogen-bond donors (Lipinski definition) is 2. The summed E-state index contributed by atoms with van der Waals surface area (Å²) >= 11 is 0. The number of nitrogens with two attached hydrogens (primary N) is 1. The molecule has 5 rings (SSSR count). The molecule has 0 bridgehead atoms. The molecule has 1 aromatic carbocycles. The highest BCUT2D eigenvalue weighted by atomic mass is 19.4. The van der Waals surface area contributed by atoms with Crippen LogP contribution < -0.4 is 11.1 Å². The van der Waals surface area contributed by atoms with Gasteiger partial charge in [0, 0.05) is 42.2 Å². The number of rotatable bonds is 4. The van der Waals surface area contributed by atoms with Crippen molar-refractivity contribution in [3.8, 4) is 11.3 Å². The monoisotopic (exact) mass is 510 g/mol. The van der Waals surface area contributed by atoms with E-state index in [2.05, 4.69) is 29.1 Å². The molecule has 4 heterocycles. The largest absolute Gasteiger partial charge is 0.416 e. The van der Waals surface area contributed by atoms with Crippen LogP contribution in [0.1, 0.15) is 54.4 Å². The molecule has 3 N–H and O–H groups in total. The van der Waals surface area contributed by atoms with Crippen LogP contribution >= 0.6 is 0 Å². The maximum Gasteiger partial charge on any atom is 0.416 e. The Bertz CT molecular complexity index is 1460. The summed E-state index contributed by atoms with van der Waals surface area (Å²) in [6, 6.07) is 8.23. The third kappa shape index (κ3) is 4.99. The first-order chi connectivity index (χ1) is 17.5. The minimum atomic E-state index is -4.53. The third-order valence-corrected chi connectivity index (χ3v) is 6.42. The van der Waals surface area contributed by atoms with E-state index in [1.54, 1.807) is 30.5 Å². The number of nitrogens with one attached hydrogen (secondary N) is 1. The number of halogens is 3. The van der Waals surface area contributed by atoms with Gasteiger partial charge >= 0.3 is 6.18 Å². The Morgan fingerprint density at radius 2 is 1.92 bits per heavy atom. The number of imidazole rings is 1. The van der Waals surface area contributed by atoms with Crippen molar-refractivity contribution in [1.82, 2.24) is 19.4 Å². The van der Waals surface area contributed by atoms with Crippen LogP contribution in [0.2, 0.25) is 0 Å². The maximum absolute atomic E-state index is 13.0. The minimum absolute atomic E-state index is 0.164. The average molecular weight is 511 g/mol. The third-order valence-electron chi connectivity index (χ3n) is 6.42. The summed E-state index contributed by atoms with van der Waals surface area (Å²) in [6.45, 7) is 4.75. The van der Waals surface area contributed by atoms with Crippen molar-refractivity contribution in [2.45, 2.75) is 44.4 Å².